The van der Waals surface area contributed by atoms with Crippen LogP contribution in [0.1, 0.15) is 10.4 Å². The Morgan fingerprint density at radius 3 is 2.42 bits per heavy atom. The number of hydrazine groups is 1. The van der Waals surface area contributed by atoms with E-state index < -0.39 is 48.0 Å². The van der Waals surface area contributed by atoms with Gasteiger partial charge in [0.05, 0.1) is 6.33 Å². The minimum atomic E-state index is -0.852. The van der Waals surface area contributed by atoms with Gasteiger partial charge in [-0.25, -0.2) is 14.2 Å². The molecule has 2 heterocycles. The standard InChI is InChI=1S/C18H17FN6O6/c1-23-15-14(17(29)24(2)18(23)30)25(9-20-15)7-13(27)31-8-12(26)21-22-16(28)10-3-5-11(19)6-4-10/h3-6,9H,7-8H2,1-2H3,(H,21,26)(H,22,28). The smallest absolute Gasteiger partial charge is 0.332 e. The summed E-state index contributed by atoms with van der Waals surface area (Å²) in [5.74, 6) is -2.88. The van der Waals surface area contributed by atoms with E-state index in [2.05, 4.69) is 10.4 Å². The Morgan fingerprint density at radius 2 is 1.74 bits per heavy atom. The number of fused-ring (bicyclic) bond motifs is 1. The number of hydrogen-bond donors (Lipinski definition) is 2. The number of rotatable bonds is 5. The van der Waals surface area contributed by atoms with Crippen molar-refractivity contribution in [3.8, 4) is 0 Å². The number of aromatic nitrogens is 4. The number of benzene rings is 1. The Bertz CT molecular complexity index is 1290. The van der Waals surface area contributed by atoms with E-state index in [0.717, 1.165) is 21.3 Å². The zero-order chi connectivity index (χ0) is 22.7. The van der Waals surface area contributed by atoms with Crippen molar-refractivity contribution in [3.63, 3.8) is 0 Å². The number of halogens is 1. The van der Waals surface area contributed by atoms with Crippen molar-refractivity contribution < 1.29 is 23.5 Å². The molecule has 0 fully saturated rings. The molecule has 0 aliphatic carbocycles. The van der Waals surface area contributed by atoms with Gasteiger partial charge in [0.25, 0.3) is 17.4 Å². The lowest BCUT2D eigenvalue weighted by Gasteiger charge is -2.09. The molecule has 0 atom stereocenters. The van der Waals surface area contributed by atoms with Crippen LogP contribution in [0.25, 0.3) is 11.2 Å². The number of ether oxygens (including phenoxy) is 1. The molecule has 0 aliphatic rings. The summed E-state index contributed by atoms with van der Waals surface area (Å²) < 4.78 is 20.9. The van der Waals surface area contributed by atoms with E-state index in [0.29, 0.717) is 0 Å². The molecule has 0 spiro atoms. The van der Waals surface area contributed by atoms with E-state index >= 15 is 0 Å². The molecule has 162 valence electrons. The molecule has 2 N–H and O–H groups in total. The van der Waals surface area contributed by atoms with Crippen LogP contribution in [-0.2, 0) is 35.0 Å². The van der Waals surface area contributed by atoms with Crippen LogP contribution in [0.4, 0.5) is 4.39 Å². The van der Waals surface area contributed by atoms with Crippen LogP contribution < -0.4 is 22.1 Å². The molecular weight excluding hydrogens is 415 g/mol. The molecular formula is C18H17FN6O6. The molecule has 3 rings (SSSR count). The molecule has 0 bridgehead atoms. The number of carbonyl (C=O) groups excluding carboxylic acids is 3. The van der Waals surface area contributed by atoms with Crippen LogP contribution in [0.3, 0.4) is 0 Å². The molecule has 0 saturated carbocycles. The summed E-state index contributed by atoms with van der Waals surface area (Å²) in [5, 5.41) is 0. The van der Waals surface area contributed by atoms with Crippen LogP contribution >= 0.6 is 0 Å². The second-order valence-corrected chi connectivity index (χ2v) is 6.42. The average molecular weight is 432 g/mol. The van der Waals surface area contributed by atoms with Gasteiger partial charge < -0.3 is 9.30 Å². The van der Waals surface area contributed by atoms with Gasteiger partial charge in [-0.3, -0.25) is 39.2 Å². The monoisotopic (exact) mass is 432 g/mol. The molecule has 13 heteroatoms. The zero-order valence-electron chi connectivity index (χ0n) is 16.4. The molecule has 2 amide bonds. The van der Waals surface area contributed by atoms with Crippen molar-refractivity contribution in [1.29, 1.82) is 0 Å². The van der Waals surface area contributed by atoms with Crippen molar-refractivity contribution in [2.45, 2.75) is 6.54 Å². The number of hydrogen-bond acceptors (Lipinski definition) is 7. The Hall–Kier alpha value is -4.29. The van der Waals surface area contributed by atoms with Crippen molar-refractivity contribution in [2.24, 2.45) is 14.1 Å². The van der Waals surface area contributed by atoms with E-state index in [9.17, 15) is 28.4 Å². The van der Waals surface area contributed by atoms with E-state index in [1.54, 1.807) is 0 Å². The number of carbonyl (C=O) groups is 3. The predicted molar refractivity (Wildman–Crippen MR) is 103 cm³/mol. The third-order valence-corrected chi connectivity index (χ3v) is 4.30. The maximum Gasteiger partial charge on any atom is 0.332 e. The Kier molecular flexibility index (Phi) is 5.95. The van der Waals surface area contributed by atoms with Gasteiger partial charge in [-0.2, -0.15) is 0 Å². The molecule has 12 nitrogen and oxygen atoms in total. The van der Waals surface area contributed by atoms with E-state index in [4.69, 9.17) is 4.74 Å². The highest BCUT2D eigenvalue weighted by Gasteiger charge is 2.17. The maximum atomic E-state index is 12.9. The zero-order valence-corrected chi connectivity index (χ0v) is 16.4. The SMILES string of the molecule is Cn1c(=O)c2c(ncn2CC(=O)OCC(=O)NNC(=O)c2ccc(F)cc2)n(C)c1=O. The van der Waals surface area contributed by atoms with Gasteiger partial charge in [-0.1, -0.05) is 0 Å². The lowest BCUT2D eigenvalue weighted by molar-refractivity contribution is -0.149. The summed E-state index contributed by atoms with van der Waals surface area (Å²) in [6, 6.07) is 4.63. The summed E-state index contributed by atoms with van der Waals surface area (Å²) in [4.78, 5) is 63.8. The maximum absolute atomic E-state index is 12.9. The van der Waals surface area contributed by atoms with Crippen molar-refractivity contribution in [3.05, 3.63) is 62.8 Å². The molecule has 2 aromatic heterocycles. The van der Waals surface area contributed by atoms with Crippen molar-refractivity contribution >= 4 is 28.9 Å². The number of nitrogens with zero attached hydrogens (tertiary/aromatic N) is 4. The van der Waals surface area contributed by atoms with Crippen LogP contribution in [0, 0.1) is 5.82 Å². The fraction of sp³-hybridized carbons (Fsp3) is 0.222. The van der Waals surface area contributed by atoms with Crippen molar-refractivity contribution in [1.82, 2.24) is 29.5 Å². The van der Waals surface area contributed by atoms with Gasteiger partial charge in [0.15, 0.2) is 17.8 Å². The first-order valence-corrected chi connectivity index (χ1v) is 8.80. The fourth-order valence-electron chi connectivity index (χ4n) is 2.68. The summed E-state index contributed by atoms with van der Waals surface area (Å²) >= 11 is 0. The minimum Gasteiger partial charge on any atom is -0.454 e. The van der Waals surface area contributed by atoms with Gasteiger partial charge in [-0.15, -0.1) is 0 Å². The third-order valence-electron chi connectivity index (χ3n) is 4.30. The molecule has 0 unspecified atom stereocenters. The Labute approximate surface area is 172 Å². The summed E-state index contributed by atoms with van der Waals surface area (Å²) in [5.41, 5.74) is 3.18. The van der Waals surface area contributed by atoms with Crippen LogP contribution in [0.15, 0.2) is 40.2 Å². The number of amides is 2. The summed E-state index contributed by atoms with van der Waals surface area (Å²) in [6.45, 7) is -1.13. The third kappa shape index (κ3) is 4.49. The Balaban J connectivity index is 1.56. The van der Waals surface area contributed by atoms with E-state index in [1.165, 1.54) is 37.1 Å². The molecule has 1 aromatic carbocycles. The van der Waals surface area contributed by atoms with Gasteiger partial charge in [-0.05, 0) is 24.3 Å². The summed E-state index contributed by atoms with van der Waals surface area (Å²) in [7, 11) is 2.73. The van der Waals surface area contributed by atoms with Gasteiger partial charge in [0, 0.05) is 19.7 Å². The predicted octanol–water partition coefficient (Wildman–Crippen LogP) is -1.42. The second-order valence-electron chi connectivity index (χ2n) is 6.42. The number of aryl methyl sites for hydroxylation is 1. The first-order chi connectivity index (χ1) is 14.7. The highest BCUT2D eigenvalue weighted by atomic mass is 19.1. The lowest BCUT2D eigenvalue weighted by atomic mass is 10.2. The highest BCUT2D eigenvalue weighted by Crippen LogP contribution is 2.05. The summed E-state index contributed by atoms with van der Waals surface area (Å²) in [6.07, 6.45) is 1.20. The first-order valence-electron chi connectivity index (χ1n) is 8.80. The Morgan fingerprint density at radius 1 is 1.06 bits per heavy atom. The van der Waals surface area contributed by atoms with Crippen LogP contribution in [-0.4, -0.2) is 43.1 Å². The molecule has 0 saturated heterocycles. The van der Waals surface area contributed by atoms with Crippen molar-refractivity contribution in [2.75, 3.05) is 6.61 Å². The number of esters is 1. The van der Waals surface area contributed by atoms with Gasteiger partial charge in [0.2, 0.25) is 0 Å². The molecule has 0 radical (unpaired) electrons. The lowest BCUT2D eigenvalue weighted by Crippen LogP contribution is -2.43. The normalized spacial score (nSPS) is 10.7. The van der Waals surface area contributed by atoms with E-state index in [1.807, 2.05) is 5.43 Å². The fourth-order valence-corrected chi connectivity index (χ4v) is 2.68. The average Bonchev–Trinajstić information content (AvgIpc) is 3.17. The quantitative estimate of drug-likeness (QED) is 0.371. The molecule has 0 aliphatic heterocycles. The van der Waals surface area contributed by atoms with Gasteiger partial charge >= 0.3 is 11.7 Å². The topological polar surface area (TPSA) is 146 Å². The molecule has 3 aromatic rings. The highest BCUT2D eigenvalue weighted by molar-refractivity contribution is 5.95. The van der Waals surface area contributed by atoms with Crippen LogP contribution in [0.2, 0.25) is 0 Å². The minimum absolute atomic E-state index is 0.0255. The second kappa shape index (κ2) is 8.61. The number of nitrogens with one attached hydrogen (secondary N) is 2. The number of imidazole rings is 1. The first kappa shape index (κ1) is 21.4. The largest absolute Gasteiger partial charge is 0.454 e. The van der Waals surface area contributed by atoms with Crippen LogP contribution in [0.5, 0.6) is 0 Å². The van der Waals surface area contributed by atoms with Gasteiger partial charge in [0.1, 0.15) is 12.4 Å². The van der Waals surface area contributed by atoms with E-state index in [-0.39, 0.29) is 16.7 Å². The molecule has 31 heavy (non-hydrogen) atoms.